The first kappa shape index (κ1) is 28.2. The molecule has 0 saturated heterocycles. The van der Waals surface area contributed by atoms with Gasteiger partial charge in [-0.2, -0.15) is 0 Å². The summed E-state index contributed by atoms with van der Waals surface area (Å²) in [5.41, 5.74) is 2.17. The van der Waals surface area contributed by atoms with Crippen molar-refractivity contribution in [1.82, 2.24) is 4.57 Å². The molecule has 4 rings (SSSR count). The van der Waals surface area contributed by atoms with E-state index in [1.165, 1.54) is 11.3 Å². The molecule has 0 N–H and O–H groups in total. The van der Waals surface area contributed by atoms with Crippen LogP contribution < -0.4 is 29.1 Å². The molecule has 0 saturated carbocycles. The normalized spacial score (nSPS) is 15.0. The van der Waals surface area contributed by atoms with E-state index >= 15 is 0 Å². The highest BCUT2D eigenvalue weighted by atomic mass is 32.1. The first-order valence-corrected chi connectivity index (χ1v) is 13.9. The SMILES string of the molecule is CCCCCOc1ccc(C=c2sc3n(c2=O)C(c2ccc(OC)cc2)C(C(=O)OCC)=C(C)N=3)cc1OC. The Morgan fingerprint density at radius 2 is 1.82 bits per heavy atom. The lowest BCUT2D eigenvalue weighted by Crippen LogP contribution is -2.39. The third kappa shape index (κ3) is 6.09. The number of hydrogen-bond acceptors (Lipinski definition) is 8. The molecule has 1 atom stereocenters. The third-order valence-corrected chi connectivity index (χ3v) is 7.42. The van der Waals surface area contributed by atoms with Gasteiger partial charge in [0, 0.05) is 0 Å². The second kappa shape index (κ2) is 12.8. The van der Waals surface area contributed by atoms with Crippen LogP contribution in [0.15, 0.2) is 63.5 Å². The molecule has 3 aromatic rings. The van der Waals surface area contributed by atoms with Gasteiger partial charge in [-0.05, 0) is 61.7 Å². The zero-order chi connectivity index (χ0) is 27.9. The summed E-state index contributed by atoms with van der Waals surface area (Å²) in [5, 5.41) is 0. The van der Waals surface area contributed by atoms with Gasteiger partial charge in [-0.25, -0.2) is 9.79 Å². The Kier molecular flexibility index (Phi) is 9.24. The minimum absolute atomic E-state index is 0.218. The van der Waals surface area contributed by atoms with Crippen LogP contribution in [0.4, 0.5) is 0 Å². The Bertz CT molecular complexity index is 1530. The van der Waals surface area contributed by atoms with Crippen molar-refractivity contribution in [1.29, 1.82) is 0 Å². The van der Waals surface area contributed by atoms with Crippen molar-refractivity contribution in [2.45, 2.75) is 46.1 Å². The Hall–Kier alpha value is -3.85. The van der Waals surface area contributed by atoms with Crippen LogP contribution in [-0.2, 0) is 9.53 Å². The molecule has 1 aliphatic heterocycles. The van der Waals surface area contributed by atoms with E-state index in [-0.39, 0.29) is 12.2 Å². The highest BCUT2D eigenvalue weighted by molar-refractivity contribution is 7.07. The van der Waals surface area contributed by atoms with E-state index in [9.17, 15) is 9.59 Å². The number of fused-ring (bicyclic) bond motifs is 1. The summed E-state index contributed by atoms with van der Waals surface area (Å²) in [5.74, 6) is 1.45. The number of hydrogen-bond donors (Lipinski definition) is 0. The third-order valence-electron chi connectivity index (χ3n) is 6.44. The van der Waals surface area contributed by atoms with E-state index in [0.29, 0.717) is 44.5 Å². The van der Waals surface area contributed by atoms with Gasteiger partial charge in [0.2, 0.25) is 0 Å². The molecule has 2 aromatic carbocycles. The van der Waals surface area contributed by atoms with Crippen molar-refractivity contribution in [3.8, 4) is 17.2 Å². The maximum atomic E-state index is 13.8. The minimum Gasteiger partial charge on any atom is -0.497 e. The van der Waals surface area contributed by atoms with Gasteiger partial charge in [-0.15, -0.1) is 0 Å². The predicted octanol–water partition coefficient (Wildman–Crippen LogP) is 4.38. The zero-order valence-corrected chi connectivity index (χ0v) is 23.8. The first-order valence-electron chi connectivity index (χ1n) is 13.1. The van der Waals surface area contributed by atoms with Gasteiger partial charge >= 0.3 is 5.97 Å². The average molecular weight is 551 g/mol. The Balaban J connectivity index is 1.79. The number of nitrogens with zero attached hydrogens (tertiary/aromatic N) is 2. The standard InChI is InChI=1S/C30H34N2O6S/c1-6-8-9-16-38-23-15-10-20(17-24(23)36-5)18-25-28(33)32-27(21-11-13-22(35-4)14-12-21)26(29(34)37-7-2)19(3)31-30(32)39-25/h10-15,17-18,27H,6-9,16H2,1-5H3. The molecule has 1 aliphatic rings. The zero-order valence-electron chi connectivity index (χ0n) is 23.0. The highest BCUT2D eigenvalue weighted by Gasteiger charge is 2.33. The van der Waals surface area contributed by atoms with Crippen LogP contribution in [0, 0.1) is 0 Å². The van der Waals surface area contributed by atoms with Crippen LogP contribution in [0.1, 0.15) is 57.2 Å². The summed E-state index contributed by atoms with van der Waals surface area (Å²) in [6.07, 6.45) is 5.01. The van der Waals surface area contributed by atoms with Gasteiger partial charge < -0.3 is 18.9 Å². The largest absolute Gasteiger partial charge is 0.497 e. The molecular weight excluding hydrogens is 516 g/mol. The number of unbranched alkanes of at least 4 members (excludes halogenated alkanes) is 2. The molecule has 0 fully saturated rings. The van der Waals surface area contributed by atoms with Crippen molar-refractivity contribution in [3.63, 3.8) is 0 Å². The maximum absolute atomic E-state index is 13.8. The minimum atomic E-state index is -0.679. The summed E-state index contributed by atoms with van der Waals surface area (Å²) in [4.78, 5) is 32.0. The number of ether oxygens (including phenoxy) is 4. The number of allylic oxidation sites excluding steroid dienone is 1. The fraction of sp³-hybridized carbons (Fsp3) is 0.367. The molecule has 39 heavy (non-hydrogen) atoms. The van der Waals surface area contributed by atoms with Crippen LogP contribution in [0.25, 0.3) is 6.08 Å². The summed E-state index contributed by atoms with van der Waals surface area (Å²) in [7, 11) is 3.19. The first-order chi connectivity index (χ1) is 18.9. The number of benzene rings is 2. The van der Waals surface area contributed by atoms with E-state index in [1.54, 1.807) is 32.6 Å². The molecule has 0 spiro atoms. The smallest absolute Gasteiger partial charge is 0.338 e. The Morgan fingerprint density at radius 1 is 1.05 bits per heavy atom. The van der Waals surface area contributed by atoms with Crippen LogP contribution in [0.2, 0.25) is 0 Å². The van der Waals surface area contributed by atoms with Gasteiger partial charge in [0.15, 0.2) is 16.3 Å². The van der Waals surface area contributed by atoms with Gasteiger partial charge in [-0.3, -0.25) is 9.36 Å². The number of carbonyl (C=O) groups excluding carboxylic acids is 1. The second-order valence-corrected chi connectivity index (χ2v) is 10.1. The topological polar surface area (TPSA) is 88.4 Å². The maximum Gasteiger partial charge on any atom is 0.338 e. The molecule has 0 aliphatic carbocycles. The van der Waals surface area contributed by atoms with Crippen LogP contribution in [0.3, 0.4) is 0 Å². The molecule has 206 valence electrons. The van der Waals surface area contributed by atoms with Gasteiger partial charge in [-0.1, -0.05) is 49.3 Å². The van der Waals surface area contributed by atoms with E-state index in [2.05, 4.69) is 11.9 Å². The average Bonchev–Trinajstić information content (AvgIpc) is 3.24. The monoisotopic (exact) mass is 550 g/mol. The molecular formula is C30H34N2O6S. The summed E-state index contributed by atoms with van der Waals surface area (Å²) in [6, 6.07) is 12.2. The summed E-state index contributed by atoms with van der Waals surface area (Å²) >= 11 is 1.28. The fourth-order valence-electron chi connectivity index (χ4n) is 4.47. The van der Waals surface area contributed by atoms with E-state index in [0.717, 1.165) is 30.4 Å². The van der Waals surface area contributed by atoms with Crippen molar-refractivity contribution in [2.24, 2.45) is 4.99 Å². The van der Waals surface area contributed by atoms with Gasteiger partial charge in [0.25, 0.3) is 5.56 Å². The lowest BCUT2D eigenvalue weighted by molar-refractivity contribution is -0.139. The second-order valence-electron chi connectivity index (χ2n) is 9.04. The molecule has 2 heterocycles. The molecule has 1 unspecified atom stereocenters. The van der Waals surface area contributed by atoms with E-state index < -0.39 is 12.0 Å². The highest BCUT2D eigenvalue weighted by Crippen LogP contribution is 2.32. The molecule has 0 bridgehead atoms. The Labute approximate surface area is 231 Å². The predicted molar refractivity (Wildman–Crippen MR) is 151 cm³/mol. The number of esters is 1. The molecule has 9 heteroatoms. The summed E-state index contributed by atoms with van der Waals surface area (Å²) < 4.78 is 24.2. The van der Waals surface area contributed by atoms with Crippen molar-refractivity contribution < 1.29 is 23.7 Å². The van der Waals surface area contributed by atoms with Crippen LogP contribution in [0.5, 0.6) is 17.2 Å². The van der Waals surface area contributed by atoms with Crippen LogP contribution in [-0.4, -0.2) is 38.0 Å². The molecule has 8 nitrogen and oxygen atoms in total. The van der Waals surface area contributed by atoms with Crippen molar-refractivity contribution >= 4 is 23.4 Å². The van der Waals surface area contributed by atoms with E-state index in [1.807, 2.05) is 48.5 Å². The van der Waals surface area contributed by atoms with Crippen molar-refractivity contribution in [2.75, 3.05) is 27.4 Å². The number of carbonyl (C=O) groups is 1. The molecule has 0 radical (unpaired) electrons. The quantitative estimate of drug-likeness (QED) is 0.260. The number of thiazole rings is 1. The lowest BCUT2D eigenvalue weighted by atomic mass is 9.96. The number of rotatable bonds is 11. The Morgan fingerprint density at radius 3 is 2.49 bits per heavy atom. The van der Waals surface area contributed by atoms with Crippen molar-refractivity contribution in [3.05, 3.63) is 84.5 Å². The molecule has 0 amide bonds. The van der Waals surface area contributed by atoms with Gasteiger partial charge in [0.05, 0.1) is 49.3 Å². The van der Waals surface area contributed by atoms with Gasteiger partial charge in [0.1, 0.15) is 5.75 Å². The van der Waals surface area contributed by atoms with Crippen LogP contribution >= 0.6 is 11.3 Å². The number of aromatic nitrogens is 1. The summed E-state index contributed by atoms with van der Waals surface area (Å²) in [6.45, 7) is 6.51. The number of methoxy groups -OCH3 is 2. The van der Waals surface area contributed by atoms with E-state index in [4.69, 9.17) is 18.9 Å². The molecule has 1 aromatic heterocycles. The lowest BCUT2D eigenvalue weighted by Gasteiger charge is -2.24. The fourth-order valence-corrected chi connectivity index (χ4v) is 5.52.